The number of carbonyl (C=O) groups excluding carboxylic acids is 1. The van der Waals surface area contributed by atoms with E-state index in [1.165, 1.54) is 36.5 Å². The first-order valence-corrected chi connectivity index (χ1v) is 11.3. The fourth-order valence-corrected chi connectivity index (χ4v) is 4.57. The average molecular weight is 467 g/mol. The number of hydrazone groups is 1. The number of anilines is 1. The lowest BCUT2D eigenvalue weighted by atomic mass is 10.1. The highest BCUT2D eigenvalue weighted by atomic mass is 32.2. The molecule has 0 aromatic heterocycles. The van der Waals surface area contributed by atoms with Gasteiger partial charge in [-0.15, -0.1) is 0 Å². The SMILES string of the molecule is Cc1ccc(C)c(N(CC(=O)N/N=C\c2cccc([N+](=O)[O-])c2)S(=O)(=O)c2ccccc2)c1. The van der Waals surface area contributed by atoms with Crippen LogP contribution in [0, 0.1) is 24.0 Å². The zero-order valence-corrected chi connectivity index (χ0v) is 18.8. The van der Waals surface area contributed by atoms with E-state index in [1.807, 2.05) is 13.0 Å². The number of rotatable bonds is 8. The Morgan fingerprint density at radius 2 is 1.79 bits per heavy atom. The van der Waals surface area contributed by atoms with Crippen molar-refractivity contribution in [3.8, 4) is 0 Å². The minimum atomic E-state index is -4.04. The molecule has 0 aliphatic rings. The Hall–Kier alpha value is -4.05. The van der Waals surface area contributed by atoms with E-state index in [9.17, 15) is 23.3 Å². The molecular formula is C23H22N4O5S. The van der Waals surface area contributed by atoms with Gasteiger partial charge in [-0.25, -0.2) is 13.8 Å². The van der Waals surface area contributed by atoms with Crippen LogP contribution in [0.25, 0.3) is 0 Å². The Labute approximate surface area is 191 Å². The van der Waals surface area contributed by atoms with Crippen LogP contribution >= 0.6 is 0 Å². The van der Waals surface area contributed by atoms with Crippen LogP contribution in [0.5, 0.6) is 0 Å². The van der Waals surface area contributed by atoms with E-state index in [-0.39, 0.29) is 10.6 Å². The Morgan fingerprint density at radius 1 is 1.06 bits per heavy atom. The lowest BCUT2D eigenvalue weighted by molar-refractivity contribution is -0.384. The maximum atomic E-state index is 13.4. The van der Waals surface area contributed by atoms with E-state index in [4.69, 9.17) is 0 Å². The molecule has 170 valence electrons. The summed E-state index contributed by atoms with van der Waals surface area (Å²) in [7, 11) is -4.04. The highest BCUT2D eigenvalue weighted by molar-refractivity contribution is 7.92. The molecular weight excluding hydrogens is 444 g/mol. The number of non-ortho nitro benzene ring substituents is 1. The van der Waals surface area contributed by atoms with Gasteiger partial charge in [0.15, 0.2) is 0 Å². The van der Waals surface area contributed by atoms with Crippen LogP contribution in [0.15, 0.2) is 82.8 Å². The third-order valence-corrected chi connectivity index (χ3v) is 6.51. The van der Waals surface area contributed by atoms with Crippen molar-refractivity contribution in [3.63, 3.8) is 0 Å². The van der Waals surface area contributed by atoms with E-state index < -0.39 is 27.4 Å². The number of nitro benzene ring substituents is 1. The smallest absolute Gasteiger partial charge is 0.270 e. The number of benzene rings is 3. The number of aryl methyl sites for hydroxylation is 2. The van der Waals surface area contributed by atoms with Crippen LogP contribution in [0.4, 0.5) is 11.4 Å². The first kappa shape index (κ1) is 23.6. The third kappa shape index (κ3) is 5.80. The molecule has 0 unspecified atom stereocenters. The maximum absolute atomic E-state index is 13.4. The summed E-state index contributed by atoms with van der Waals surface area (Å²) in [4.78, 5) is 23.0. The minimum absolute atomic E-state index is 0.0544. The van der Waals surface area contributed by atoms with E-state index in [0.717, 1.165) is 9.87 Å². The van der Waals surface area contributed by atoms with Crippen molar-refractivity contribution in [2.24, 2.45) is 5.10 Å². The molecule has 0 spiro atoms. The van der Waals surface area contributed by atoms with Crippen molar-refractivity contribution < 1.29 is 18.1 Å². The van der Waals surface area contributed by atoms with Gasteiger partial charge in [-0.1, -0.05) is 42.5 Å². The van der Waals surface area contributed by atoms with Crippen molar-refractivity contribution in [3.05, 3.63) is 99.6 Å². The van der Waals surface area contributed by atoms with Crippen LogP contribution in [-0.2, 0) is 14.8 Å². The molecule has 3 rings (SSSR count). The van der Waals surface area contributed by atoms with Crippen LogP contribution in [0.1, 0.15) is 16.7 Å². The number of carbonyl (C=O) groups is 1. The number of nitro groups is 1. The van der Waals surface area contributed by atoms with Crippen molar-refractivity contribution in [1.82, 2.24) is 5.43 Å². The summed E-state index contributed by atoms with van der Waals surface area (Å²) in [5, 5.41) is 14.7. The van der Waals surface area contributed by atoms with Gasteiger partial charge in [0.2, 0.25) is 0 Å². The molecule has 0 aliphatic heterocycles. The Balaban J connectivity index is 1.86. The molecule has 1 amide bonds. The first-order valence-electron chi connectivity index (χ1n) is 9.90. The van der Waals surface area contributed by atoms with Crippen LogP contribution < -0.4 is 9.73 Å². The zero-order chi connectivity index (χ0) is 24.0. The molecule has 9 nitrogen and oxygen atoms in total. The molecule has 0 bridgehead atoms. The largest absolute Gasteiger partial charge is 0.271 e. The Morgan fingerprint density at radius 3 is 2.48 bits per heavy atom. The normalized spacial score (nSPS) is 11.3. The quantitative estimate of drug-likeness (QED) is 0.309. The molecule has 0 radical (unpaired) electrons. The van der Waals surface area contributed by atoms with E-state index in [2.05, 4.69) is 10.5 Å². The molecule has 0 fully saturated rings. The molecule has 10 heteroatoms. The van der Waals surface area contributed by atoms with Gasteiger partial charge in [-0.05, 0) is 43.2 Å². The molecule has 0 aliphatic carbocycles. The molecule has 33 heavy (non-hydrogen) atoms. The van der Waals surface area contributed by atoms with E-state index >= 15 is 0 Å². The number of nitrogens with zero attached hydrogens (tertiary/aromatic N) is 3. The fourth-order valence-electron chi connectivity index (χ4n) is 3.07. The number of nitrogens with one attached hydrogen (secondary N) is 1. The summed E-state index contributed by atoms with van der Waals surface area (Å²) >= 11 is 0. The second-order valence-corrected chi connectivity index (χ2v) is 9.12. The monoisotopic (exact) mass is 466 g/mol. The number of hydrogen-bond acceptors (Lipinski definition) is 6. The van der Waals surface area contributed by atoms with Gasteiger partial charge in [0.25, 0.3) is 21.6 Å². The van der Waals surface area contributed by atoms with Gasteiger partial charge in [0.1, 0.15) is 6.54 Å². The summed E-state index contributed by atoms with van der Waals surface area (Å²) in [5.41, 5.74) is 4.51. The molecule has 0 saturated carbocycles. The Bertz CT molecular complexity index is 1310. The molecule has 3 aromatic carbocycles. The standard InChI is InChI=1S/C23H22N4O5S/c1-17-11-12-18(2)22(13-17)26(33(31,32)21-9-4-3-5-10-21)16-23(28)25-24-15-19-7-6-8-20(14-19)27(29)30/h3-15H,16H2,1-2H3,(H,25,28)/b24-15-. The highest BCUT2D eigenvalue weighted by Gasteiger charge is 2.28. The van der Waals surface area contributed by atoms with Gasteiger partial charge >= 0.3 is 0 Å². The number of sulfonamides is 1. The second kappa shape index (κ2) is 10.0. The zero-order valence-electron chi connectivity index (χ0n) is 18.0. The third-order valence-electron chi connectivity index (χ3n) is 4.74. The van der Waals surface area contributed by atoms with Crippen LogP contribution in [-0.4, -0.2) is 32.0 Å². The summed E-state index contributed by atoms with van der Waals surface area (Å²) in [6, 6.07) is 18.9. The lowest BCUT2D eigenvalue weighted by Gasteiger charge is -2.25. The summed E-state index contributed by atoms with van der Waals surface area (Å²) < 4.78 is 27.8. The van der Waals surface area contributed by atoms with Crippen molar-refractivity contribution in [2.45, 2.75) is 18.7 Å². The van der Waals surface area contributed by atoms with Gasteiger partial charge in [-0.2, -0.15) is 5.10 Å². The average Bonchev–Trinajstić information content (AvgIpc) is 2.80. The van der Waals surface area contributed by atoms with Crippen molar-refractivity contribution in [2.75, 3.05) is 10.8 Å². The van der Waals surface area contributed by atoms with Gasteiger partial charge < -0.3 is 0 Å². The predicted octanol–water partition coefficient (Wildman–Crippen LogP) is 3.56. The molecule has 0 saturated heterocycles. The highest BCUT2D eigenvalue weighted by Crippen LogP contribution is 2.27. The molecule has 0 atom stereocenters. The molecule has 3 aromatic rings. The van der Waals surface area contributed by atoms with E-state index in [1.54, 1.807) is 43.3 Å². The summed E-state index contributed by atoms with van der Waals surface area (Å²) in [6.07, 6.45) is 1.25. The number of hydrogen-bond donors (Lipinski definition) is 1. The Kier molecular flexibility index (Phi) is 7.19. The van der Waals surface area contributed by atoms with E-state index in [0.29, 0.717) is 16.8 Å². The lowest BCUT2D eigenvalue weighted by Crippen LogP contribution is -2.40. The second-order valence-electron chi connectivity index (χ2n) is 7.26. The van der Waals surface area contributed by atoms with Crippen molar-refractivity contribution in [1.29, 1.82) is 0 Å². The van der Waals surface area contributed by atoms with Gasteiger partial charge in [0.05, 0.1) is 21.7 Å². The van der Waals surface area contributed by atoms with Gasteiger partial charge in [-0.3, -0.25) is 19.2 Å². The molecule has 0 heterocycles. The summed E-state index contributed by atoms with van der Waals surface area (Å²) in [6.45, 7) is 3.09. The maximum Gasteiger partial charge on any atom is 0.270 e. The minimum Gasteiger partial charge on any atom is -0.271 e. The topological polar surface area (TPSA) is 122 Å². The fraction of sp³-hybridized carbons (Fsp3) is 0.130. The van der Waals surface area contributed by atoms with Gasteiger partial charge in [0, 0.05) is 17.7 Å². The van der Waals surface area contributed by atoms with Crippen molar-refractivity contribution >= 4 is 33.5 Å². The van der Waals surface area contributed by atoms with Crippen LogP contribution in [0.2, 0.25) is 0 Å². The molecule has 1 N–H and O–H groups in total. The first-order chi connectivity index (χ1) is 15.7. The summed E-state index contributed by atoms with van der Waals surface area (Å²) in [5.74, 6) is -0.669. The van der Waals surface area contributed by atoms with Crippen LogP contribution in [0.3, 0.4) is 0 Å². The predicted molar refractivity (Wildman–Crippen MR) is 126 cm³/mol. The number of amides is 1.